The lowest BCUT2D eigenvalue weighted by atomic mass is 10.0. The van der Waals surface area contributed by atoms with Gasteiger partial charge in [0, 0.05) is 0 Å². The van der Waals surface area contributed by atoms with Gasteiger partial charge in [-0.15, -0.1) is 0 Å². The molecule has 1 heteroatoms. The number of aryl methyl sites for hydroxylation is 2. The molecule has 0 aromatic heterocycles. The second kappa shape index (κ2) is 16.9. The predicted molar refractivity (Wildman–Crippen MR) is 136 cm³/mol. The maximum atomic E-state index is 6.46. The summed E-state index contributed by atoms with van der Waals surface area (Å²) in [5, 5.41) is 0. The molecule has 0 saturated heterocycles. The van der Waals surface area contributed by atoms with E-state index in [0.29, 0.717) is 0 Å². The van der Waals surface area contributed by atoms with Crippen LogP contribution in [0.2, 0.25) is 0 Å². The Balaban J connectivity index is 1.81. The highest BCUT2D eigenvalue weighted by atomic mass is 16.5. The molecule has 0 unspecified atom stereocenters. The van der Waals surface area contributed by atoms with Crippen LogP contribution in [0.4, 0.5) is 0 Å². The van der Waals surface area contributed by atoms with Crippen LogP contribution in [0.5, 0.6) is 11.5 Å². The first-order chi connectivity index (χ1) is 15.3. The van der Waals surface area contributed by atoms with E-state index in [9.17, 15) is 0 Å². The molecular weight excluding hydrogens is 376 g/mol. The van der Waals surface area contributed by atoms with Crippen LogP contribution in [0.1, 0.15) is 115 Å². The summed E-state index contributed by atoms with van der Waals surface area (Å²) < 4.78 is 6.46. The van der Waals surface area contributed by atoms with Crippen molar-refractivity contribution >= 4 is 0 Å². The minimum Gasteiger partial charge on any atom is -0.457 e. The molecule has 0 aliphatic heterocycles. The summed E-state index contributed by atoms with van der Waals surface area (Å²) in [4.78, 5) is 0. The molecule has 0 aliphatic rings. The zero-order valence-corrected chi connectivity index (χ0v) is 20.3. The fraction of sp³-hybridized carbons (Fsp3) is 0.600. The SMILES string of the molecule is CCCCCCCCCc1ccccc1Oc1ccccc1CCCCCCCCC. The summed E-state index contributed by atoms with van der Waals surface area (Å²) in [6, 6.07) is 17.3. The number of unbranched alkanes of at least 4 members (excludes halogenated alkanes) is 12. The molecule has 0 amide bonds. The van der Waals surface area contributed by atoms with Crippen LogP contribution >= 0.6 is 0 Å². The minimum atomic E-state index is 1.04. The Labute approximate surface area is 192 Å². The van der Waals surface area contributed by atoms with E-state index in [1.807, 2.05) is 0 Å². The van der Waals surface area contributed by atoms with E-state index >= 15 is 0 Å². The third-order valence-electron chi connectivity index (χ3n) is 6.26. The van der Waals surface area contributed by atoms with Crippen LogP contribution in [-0.4, -0.2) is 0 Å². The molecule has 2 aromatic carbocycles. The monoisotopic (exact) mass is 422 g/mol. The van der Waals surface area contributed by atoms with Crippen molar-refractivity contribution in [1.82, 2.24) is 0 Å². The van der Waals surface area contributed by atoms with Crippen molar-refractivity contribution < 1.29 is 4.74 Å². The van der Waals surface area contributed by atoms with Gasteiger partial charge in [-0.1, -0.05) is 127 Å². The topological polar surface area (TPSA) is 9.23 Å². The first-order valence-corrected chi connectivity index (χ1v) is 13.2. The van der Waals surface area contributed by atoms with Crippen LogP contribution in [-0.2, 0) is 12.8 Å². The second-order valence-electron chi connectivity index (χ2n) is 9.06. The summed E-state index contributed by atoms with van der Waals surface area (Å²) in [5.41, 5.74) is 2.70. The second-order valence-corrected chi connectivity index (χ2v) is 9.06. The standard InChI is InChI=1S/C30H46O/c1-3-5-7-9-11-13-15-21-27-23-17-19-25-29(27)31-30-26-20-18-24-28(30)22-16-14-12-10-8-6-4-2/h17-20,23-26H,3-16,21-22H2,1-2H3. The Morgan fingerprint density at radius 1 is 0.452 bits per heavy atom. The number of para-hydroxylation sites is 2. The van der Waals surface area contributed by atoms with Crippen molar-refractivity contribution in [3.8, 4) is 11.5 Å². The molecule has 0 aliphatic carbocycles. The van der Waals surface area contributed by atoms with E-state index in [4.69, 9.17) is 4.74 Å². The molecule has 31 heavy (non-hydrogen) atoms. The largest absolute Gasteiger partial charge is 0.457 e. The average molecular weight is 423 g/mol. The van der Waals surface area contributed by atoms with Crippen LogP contribution in [0.15, 0.2) is 48.5 Å². The summed E-state index contributed by atoms with van der Waals surface area (Å²) in [7, 11) is 0. The molecule has 0 spiro atoms. The molecule has 2 rings (SSSR count). The first kappa shape index (κ1) is 25.5. The fourth-order valence-corrected chi connectivity index (χ4v) is 4.28. The number of ether oxygens (including phenoxy) is 1. The van der Waals surface area contributed by atoms with Gasteiger partial charge in [0.25, 0.3) is 0 Å². The molecule has 0 radical (unpaired) electrons. The van der Waals surface area contributed by atoms with Crippen LogP contribution in [0.25, 0.3) is 0 Å². The van der Waals surface area contributed by atoms with Gasteiger partial charge in [0.2, 0.25) is 0 Å². The van der Waals surface area contributed by atoms with Gasteiger partial charge in [-0.25, -0.2) is 0 Å². The average Bonchev–Trinajstić information content (AvgIpc) is 2.80. The zero-order valence-electron chi connectivity index (χ0n) is 20.3. The Kier molecular flexibility index (Phi) is 13.9. The zero-order chi connectivity index (χ0) is 22.0. The molecule has 0 bridgehead atoms. The highest BCUT2D eigenvalue weighted by Crippen LogP contribution is 2.30. The van der Waals surface area contributed by atoms with Crippen molar-refractivity contribution in [2.45, 2.75) is 117 Å². The van der Waals surface area contributed by atoms with Gasteiger partial charge in [-0.3, -0.25) is 0 Å². The molecule has 2 aromatic rings. The Morgan fingerprint density at radius 3 is 1.23 bits per heavy atom. The summed E-state index contributed by atoms with van der Waals surface area (Å²) in [5.74, 6) is 2.08. The van der Waals surface area contributed by atoms with Crippen molar-refractivity contribution in [3.63, 3.8) is 0 Å². The number of benzene rings is 2. The lowest BCUT2D eigenvalue weighted by Crippen LogP contribution is -1.96. The summed E-state index contributed by atoms with van der Waals surface area (Å²) >= 11 is 0. The van der Waals surface area contributed by atoms with Gasteiger partial charge in [-0.2, -0.15) is 0 Å². The van der Waals surface area contributed by atoms with E-state index in [0.717, 1.165) is 24.3 Å². The predicted octanol–water partition coefficient (Wildman–Crippen LogP) is 10.1. The lowest BCUT2D eigenvalue weighted by Gasteiger charge is -2.14. The van der Waals surface area contributed by atoms with Gasteiger partial charge in [-0.05, 0) is 48.9 Å². The molecule has 172 valence electrons. The highest BCUT2D eigenvalue weighted by molar-refractivity contribution is 5.41. The van der Waals surface area contributed by atoms with Crippen molar-refractivity contribution in [2.24, 2.45) is 0 Å². The van der Waals surface area contributed by atoms with E-state index in [1.165, 1.54) is 101 Å². The van der Waals surface area contributed by atoms with Crippen LogP contribution in [0, 0.1) is 0 Å². The third-order valence-corrected chi connectivity index (χ3v) is 6.26. The van der Waals surface area contributed by atoms with E-state index in [2.05, 4.69) is 62.4 Å². The molecule has 0 heterocycles. The number of hydrogen-bond acceptors (Lipinski definition) is 1. The maximum absolute atomic E-state index is 6.46. The number of hydrogen-bond donors (Lipinski definition) is 0. The van der Waals surface area contributed by atoms with Crippen LogP contribution in [0.3, 0.4) is 0 Å². The van der Waals surface area contributed by atoms with Gasteiger partial charge in [0.05, 0.1) is 0 Å². The summed E-state index contributed by atoms with van der Waals surface area (Å²) in [6.45, 7) is 4.56. The molecule has 0 N–H and O–H groups in total. The molecule has 0 fully saturated rings. The Morgan fingerprint density at radius 2 is 0.806 bits per heavy atom. The van der Waals surface area contributed by atoms with Gasteiger partial charge in [0.1, 0.15) is 11.5 Å². The Hall–Kier alpha value is -1.76. The van der Waals surface area contributed by atoms with Gasteiger partial charge in [0.15, 0.2) is 0 Å². The van der Waals surface area contributed by atoms with Crippen molar-refractivity contribution in [1.29, 1.82) is 0 Å². The maximum Gasteiger partial charge on any atom is 0.130 e. The quantitative estimate of drug-likeness (QED) is 0.217. The van der Waals surface area contributed by atoms with Crippen LogP contribution < -0.4 is 4.74 Å². The Bertz CT molecular complexity index is 631. The molecule has 1 nitrogen and oxygen atoms in total. The van der Waals surface area contributed by atoms with E-state index < -0.39 is 0 Å². The molecule has 0 saturated carbocycles. The van der Waals surface area contributed by atoms with E-state index in [1.54, 1.807) is 0 Å². The molecule has 0 atom stereocenters. The minimum absolute atomic E-state index is 1.04. The fourth-order valence-electron chi connectivity index (χ4n) is 4.28. The lowest BCUT2D eigenvalue weighted by molar-refractivity contribution is 0.466. The van der Waals surface area contributed by atoms with E-state index in [-0.39, 0.29) is 0 Å². The summed E-state index contributed by atoms with van der Waals surface area (Å²) in [6.07, 6.45) is 21.1. The smallest absolute Gasteiger partial charge is 0.130 e. The first-order valence-electron chi connectivity index (χ1n) is 13.2. The molecular formula is C30H46O. The third kappa shape index (κ3) is 10.9. The normalized spacial score (nSPS) is 11.0. The highest BCUT2D eigenvalue weighted by Gasteiger charge is 2.08. The number of rotatable bonds is 18. The van der Waals surface area contributed by atoms with Crippen molar-refractivity contribution in [3.05, 3.63) is 59.7 Å². The van der Waals surface area contributed by atoms with Gasteiger partial charge < -0.3 is 4.74 Å². The van der Waals surface area contributed by atoms with Gasteiger partial charge >= 0.3 is 0 Å². The van der Waals surface area contributed by atoms with Crippen molar-refractivity contribution in [2.75, 3.05) is 0 Å².